The third kappa shape index (κ3) is 3.30. The second kappa shape index (κ2) is 5.51. The summed E-state index contributed by atoms with van der Waals surface area (Å²) < 4.78 is 5.40. The molecule has 98 valence electrons. The summed E-state index contributed by atoms with van der Waals surface area (Å²) in [6.07, 6.45) is 0. The van der Waals surface area contributed by atoms with E-state index in [1.165, 1.54) is 12.1 Å². The highest BCUT2D eigenvalue weighted by Gasteiger charge is 2.12. The molecule has 0 spiro atoms. The van der Waals surface area contributed by atoms with E-state index >= 15 is 0 Å². The van der Waals surface area contributed by atoms with Gasteiger partial charge >= 0.3 is 0 Å². The monoisotopic (exact) mass is 280 g/mol. The Labute approximate surface area is 113 Å². The first-order valence-corrected chi connectivity index (χ1v) is 5.53. The number of aromatic nitrogens is 1. The van der Waals surface area contributed by atoms with Crippen molar-refractivity contribution in [1.82, 2.24) is 4.98 Å². The minimum absolute atomic E-state index is 0.0458. The van der Waals surface area contributed by atoms with E-state index in [1.54, 1.807) is 24.3 Å². The molecule has 8 heteroatoms. The molecule has 0 fully saturated rings. The zero-order valence-corrected chi connectivity index (χ0v) is 10.3. The van der Waals surface area contributed by atoms with Crippen molar-refractivity contribution in [2.45, 2.75) is 0 Å². The molecule has 0 radical (unpaired) electrons. The topological polar surface area (TPSA) is 103 Å². The molecule has 1 heterocycles. The van der Waals surface area contributed by atoms with Gasteiger partial charge in [-0.05, 0) is 18.2 Å². The van der Waals surface area contributed by atoms with Crippen LogP contribution in [0.4, 0.5) is 11.5 Å². The van der Waals surface area contributed by atoms with Gasteiger partial charge in [-0.3, -0.25) is 10.1 Å². The van der Waals surface area contributed by atoms with Crippen molar-refractivity contribution in [2.24, 2.45) is 5.84 Å². The van der Waals surface area contributed by atoms with Crippen LogP contribution in [0.5, 0.6) is 11.6 Å². The molecule has 0 atom stereocenters. The fourth-order valence-corrected chi connectivity index (χ4v) is 1.55. The highest BCUT2D eigenvalue weighted by atomic mass is 35.5. The van der Waals surface area contributed by atoms with Gasteiger partial charge in [0.15, 0.2) is 5.82 Å². The van der Waals surface area contributed by atoms with Gasteiger partial charge in [-0.15, -0.1) is 0 Å². The summed E-state index contributed by atoms with van der Waals surface area (Å²) in [6.45, 7) is 0. The Morgan fingerprint density at radius 1 is 1.37 bits per heavy atom. The Hall–Kier alpha value is -2.38. The van der Waals surface area contributed by atoms with Gasteiger partial charge in [-0.1, -0.05) is 17.7 Å². The van der Waals surface area contributed by atoms with Crippen LogP contribution in [0.1, 0.15) is 0 Å². The minimum atomic E-state index is -0.562. The number of nitrogen functional groups attached to an aromatic ring is 1. The molecule has 0 saturated carbocycles. The van der Waals surface area contributed by atoms with Crippen molar-refractivity contribution in [3.05, 3.63) is 51.5 Å². The van der Waals surface area contributed by atoms with Crippen LogP contribution >= 0.6 is 11.6 Å². The summed E-state index contributed by atoms with van der Waals surface area (Å²) in [4.78, 5) is 14.2. The average Bonchev–Trinajstić information content (AvgIpc) is 2.38. The molecule has 0 amide bonds. The summed E-state index contributed by atoms with van der Waals surface area (Å²) in [5, 5.41) is 11.2. The van der Waals surface area contributed by atoms with Crippen molar-refractivity contribution in [3.63, 3.8) is 0 Å². The normalized spacial score (nSPS) is 10.0. The van der Waals surface area contributed by atoms with Crippen LogP contribution in [0.2, 0.25) is 5.02 Å². The zero-order chi connectivity index (χ0) is 13.8. The van der Waals surface area contributed by atoms with Gasteiger partial charge in [-0.25, -0.2) is 5.84 Å². The lowest BCUT2D eigenvalue weighted by atomic mass is 10.3. The molecule has 0 aliphatic heterocycles. The number of nitrogens with two attached hydrogens (primary N) is 1. The van der Waals surface area contributed by atoms with Gasteiger partial charge in [0, 0.05) is 5.02 Å². The number of ether oxygens (including phenoxy) is 1. The van der Waals surface area contributed by atoms with E-state index in [2.05, 4.69) is 10.4 Å². The van der Waals surface area contributed by atoms with Crippen LogP contribution < -0.4 is 16.0 Å². The number of nitrogens with zero attached hydrogens (tertiary/aromatic N) is 2. The number of benzene rings is 1. The molecule has 0 aliphatic carbocycles. The maximum Gasteiger partial charge on any atom is 0.278 e. The molecule has 1 aromatic heterocycles. The van der Waals surface area contributed by atoms with Gasteiger partial charge in [0.25, 0.3) is 5.69 Å². The third-order valence-corrected chi connectivity index (χ3v) is 2.40. The summed E-state index contributed by atoms with van der Waals surface area (Å²) in [5.41, 5.74) is 2.06. The Kier molecular flexibility index (Phi) is 3.79. The highest BCUT2D eigenvalue weighted by Crippen LogP contribution is 2.27. The van der Waals surface area contributed by atoms with E-state index in [0.717, 1.165) is 0 Å². The predicted octanol–water partition coefficient (Wildman–Crippen LogP) is 2.72. The van der Waals surface area contributed by atoms with Crippen LogP contribution in [0.3, 0.4) is 0 Å². The summed E-state index contributed by atoms with van der Waals surface area (Å²) in [6, 6.07) is 8.99. The second-order valence-electron chi connectivity index (χ2n) is 3.51. The lowest BCUT2D eigenvalue weighted by Gasteiger charge is -2.06. The number of pyridine rings is 1. The fourth-order valence-electron chi connectivity index (χ4n) is 1.37. The smallest absolute Gasteiger partial charge is 0.278 e. The van der Waals surface area contributed by atoms with Crippen LogP contribution in [0.15, 0.2) is 36.4 Å². The first kappa shape index (κ1) is 13.1. The number of anilines is 1. The summed E-state index contributed by atoms with van der Waals surface area (Å²) in [7, 11) is 0. The first-order valence-electron chi connectivity index (χ1n) is 5.15. The number of hydrogen-bond donors (Lipinski definition) is 2. The van der Waals surface area contributed by atoms with Crippen molar-refractivity contribution in [2.75, 3.05) is 5.43 Å². The number of nitro groups is 1. The average molecular weight is 281 g/mol. The molecule has 1 aromatic carbocycles. The molecule has 0 bridgehead atoms. The van der Waals surface area contributed by atoms with Crippen molar-refractivity contribution < 1.29 is 9.66 Å². The van der Waals surface area contributed by atoms with E-state index in [4.69, 9.17) is 22.2 Å². The van der Waals surface area contributed by atoms with Gasteiger partial charge in [0.05, 0.1) is 17.1 Å². The number of rotatable bonds is 4. The Morgan fingerprint density at radius 3 is 2.79 bits per heavy atom. The SMILES string of the molecule is NNc1cc([N+](=O)[O-])cc(Oc2cccc(Cl)c2)n1. The molecule has 19 heavy (non-hydrogen) atoms. The first-order chi connectivity index (χ1) is 9.08. The number of halogens is 1. The molecular weight excluding hydrogens is 272 g/mol. The zero-order valence-electron chi connectivity index (χ0n) is 9.54. The van der Waals surface area contributed by atoms with E-state index in [0.29, 0.717) is 10.8 Å². The summed E-state index contributed by atoms with van der Waals surface area (Å²) in [5.74, 6) is 5.79. The maximum atomic E-state index is 10.8. The number of hydrazine groups is 1. The van der Waals surface area contributed by atoms with Gasteiger partial charge in [0.2, 0.25) is 5.88 Å². The van der Waals surface area contributed by atoms with Crippen molar-refractivity contribution in [1.29, 1.82) is 0 Å². The predicted molar refractivity (Wildman–Crippen MR) is 70.2 cm³/mol. The lowest BCUT2D eigenvalue weighted by Crippen LogP contribution is -2.09. The third-order valence-electron chi connectivity index (χ3n) is 2.16. The molecule has 3 N–H and O–H groups in total. The van der Waals surface area contributed by atoms with E-state index < -0.39 is 4.92 Å². The molecule has 2 aromatic rings. The van der Waals surface area contributed by atoms with Crippen molar-refractivity contribution >= 4 is 23.1 Å². The Morgan fingerprint density at radius 2 is 2.16 bits per heavy atom. The molecular formula is C11H9ClN4O3. The quantitative estimate of drug-likeness (QED) is 0.507. The van der Waals surface area contributed by atoms with E-state index in [1.807, 2.05) is 0 Å². The second-order valence-corrected chi connectivity index (χ2v) is 3.95. The van der Waals surface area contributed by atoms with E-state index in [9.17, 15) is 10.1 Å². The largest absolute Gasteiger partial charge is 0.439 e. The van der Waals surface area contributed by atoms with Crippen LogP contribution in [0.25, 0.3) is 0 Å². The maximum absolute atomic E-state index is 10.8. The molecule has 0 aliphatic rings. The summed E-state index contributed by atoms with van der Waals surface area (Å²) >= 11 is 5.81. The van der Waals surface area contributed by atoms with Gasteiger partial charge in [-0.2, -0.15) is 4.98 Å². The number of hydrogen-bond acceptors (Lipinski definition) is 6. The van der Waals surface area contributed by atoms with Gasteiger partial charge in [0.1, 0.15) is 5.75 Å². The van der Waals surface area contributed by atoms with Gasteiger partial charge < -0.3 is 10.2 Å². The molecule has 7 nitrogen and oxygen atoms in total. The van der Waals surface area contributed by atoms with Crippen LogP contribution in [-0.4, -0.2) is 9.91 Å². The molecule has 2 rings (SSSR count). The fraction of sp³-hybridized carbons (Fsp3) is 0. The lowest BCUT2D eigenvalue weighted by molar-refractivity contribution is -0.384. The van der Waals surface area contributed by atoms with E-state index in [-0.39, 0.29) is 17.4 Å². The Balaban J connectivity index is 2.34. The Bertz CT molecular complexity index is 621. The standard InChI is InChI=1S/C11H9ClN4O3/c12-7-2-1-3-9(4-7)19-11-6-8(16(17)18)5-10(14-11)15-13/h1-6H,13H2,(H,14,15). The molecule has 0 saturated heterocycles. The van der Waals surface area contributed by atoms with Crippen LogP contribution in [-0.2, 0) is 0 Å². The van der Waals surface area contributed by atoms with Crippen LogP contribution in [0, 0.1) is 10.1 Å². The van der Waals surface area contributed by atoms with Crippen molar-refractivity contribution in [3.8, 4) is 11.6 Å². The highest BCUT2D eigenvalue weighted by molar-refractivity contribution is 6.30. The molecule has 0 unspecified atom stereocenters. The number of nitrogens with one attached hydrogen (secondary N) is 1. The minimum Gasteiger partial charge on any atom is -0.439 e.